The number of anilines is 2. The zero-order chi connectivity index (χ0) is 19.8. The summed E-state index contributed by atoms with van der Waals surface area (Å²) in [7, 11) is 1.64. The summed E-state index contributed by atoms with van der Waals surface area (Å²) in [6.45, 7) is 3.84. The van der Waals surface area contributed by atoms with E-state index in [2.05, 4.69) is 5.32 Å². The summed E-state index contributed by atoms with van der Waals surface area (Å²) in [4.78, 5) is 37.1. The normalized spacial score (nSPS) is 15.4. The van der Waals surface area contributed by atoms with Crippen molar-refractivity contribution in [3.63, 3.8) is 0 Å². The minimum atomic E-state index is -0.679. The van der Waals surface area contributed by atoms with Gasteiger partial charge in [-0.1, -0.05) is 12.1 Å². The smallest absolute Gasteiger partial charge is 0.282 e. The minimum absolute atomic E-state index is 0.0424. The average Bonchev–Trinajstić information content (AvgIpc) is 2.72. The molecule has 1 N–H and O–H groups in total. The molecule has 0 spiro atoms. The number of ether oxygens (including phenoxy) is 1. The van der Waals surface area contributed by atoms with Crippen molar-refractivity contribution >= 4 is 28.9 Å². The van der Waals surface area contributed by atoms with Crippen LogP contribution >= 0.6 is 0 Å². The second-order valence-electron chi connectivity index (χ2n) is 6.95. The van der Waals surface area contributed by atoms with Gasteiger partial charge in [-0.2, -0.15) is 0 Å². The largest absolute Gasteiger partial charge is 0.490 e. The summed E-state index contributed by atoms with van der Waals surface area (Å²) < 4.78 is 5.74. The number of nitro groups is 1. The number of rotatable bonds is 3. The number of nitrogens with one attached hydrogen (secondary N) is 1. The quantitative estimate of drug-likeness (QED) is 0.661. The van der Waals surface area contributed by atoms with Crippen LogP contribution in [0.4, 0.5) is 17.1 Å². The van der Waals surface area contributed by atoms with Gasteiger partial charge in [-0.3, -0.25) is 19.7 Å². The molecule has 0 atom stereocenters. The van der Waals surface area contributed by atoms with Crippen molar-refractivity contribution in [2.24, 2.45) is 5.41 Å². The number of nitrogens with zero attached hydrogens (tertiary/aromatic N) is 2. The third-order valence-corrected chi connectivity index (χ3v) is 4.40. The van der Waals surface area contributed by atoms with Gasteiger partial charge in [0.15, 0.2) is 0 Å². The average molecular weight is 369 g/mol. The van der Waals surface area contributed by atoms with Crippen molar-refractivity contribution in [3.05, 3.63) is 58.1 Å². The van der Waals surface area contributed by atoms with E-state index < -0.39 is 16.2 Å². The molecule has 0 bridgehead atoms. The van der Waals surface area contributed by atoms with Gasteiger partial charge in [-0.25, -0.2) is 0 Å². The molecule has 1 aliphatic heterocycles. The lowest BCUT2D eigenvalue weighted by Crippen LogP contribution is -2.39. The van der Waals surface area contributed by atoms with Crippen molar-refractivity contribution in [3.8, 4) is 5.75 Å². The molecule has 0 saturated carbocycles. The lowest BCUT2D eigenvalue weighted by molar-refractivity contribution is -0.385. The van der Waals surface area contributed by atoms with Crippen LogP contribution in [0.1, 0.15) is 24.2 Å². The number of carbonyl (C=O) groups is 2. The first-order valence-corrected chi connectivity index (χ1v) is 8.30. The molecule has 8 heteroatoms. The molecule has 2 aromatic carbocycles. The third-order valence-electron chi connectivity index (χ3n) is 4.40. The Balaban J connectivity index is 1.91. The Bertz CT molecular complexity index is 939. The van der Waals surface area contributed by atoms with Crippen molar-refractivity contribution in [1.82, 2.24) is 0 Å². The van der Waals surface area contributed by atoms with Crippen LogP contribution in [0.5, 0.6) is 5.75 Å². The standard InChI is InChI=1S/C19H19N3O5/c1-19(2)11-27-16-9-8-12(10-15(16)21(3)18(19)24)20-17(23)13-6-4-5-7-14(13)22(25)26/h4-10H,11H2,1-3H3,(H,20,23). The van der Waals surface area contributed by atoms with Crippen LogP contribution in [0.2, 0.25) is 0 Å². The number of carbonyl (C=O) groups excluding carboxylic acids is 2. The van der Waals surface area contributed by atoms with Gasteiger partial charge in [0.25, 0.3) is 11.6 Å². The molecule has 1 heterocycles. The highest BCUT2D eigenvalue weighted by Crippen LogP contribution is 2.37. The maximum atomic E-state index is 12.6. The molecular formula is C19H19N3O5. The van der Waals surface area contributed by atoms with Gasteiger partial charge in [-0.05, 0) is 38.1 Å². The predicted octanol–water partition coefficient (Wildman–Crippen LogP) is 3.23. The first-order chi connectivity index (χ1) is 12.7. The van der Waals surface area contributed by atoms with E-state index in [1.165, 1.54) is 23.1 Å². The molecule has 0 fully saturated rings. The van der Waals surface area contributed by atoms with E-state index in [0.29, 0.717) is 17.1 Å². The molecule has 2 amide bonds. The number of benzene rings is 2. The van der Waals surface area contributed by atoms with Crippen LogP contribution in [0, 0.1) is 15.5 Å². The van der Waals surface area contributed by atoms with E-state index in [1.54, 1.807) is 45.2 Å². The minimum Gasteiger partial charge on any atom is -0.490 e. The van der Waals surface area contributed by atoms with Gasteiger partial charge in [0.1, 0.15) is 17.9 Å². The van der Waals surface area contributed by atoms with Gasteiger partial charge >= 0.3 is 0 Å². The number of amides is 2. The zero-order valence-electron chi connectivity index (χ0n) is 15.2. The second-order valence-corrected chi connectivity index (χ2v) is 6.95. The first kappa shape index (κ1) is 18.4. The molecule has 1 aliphatic rings. The van der Waals surface area contributed by atoms with E-state index >= 15 is 0 Å². The molecule has 0 radical (unpaired) electrons. The Hall–Kier alpha value is -3.42. The molecule has 3 rings (SSSR count). The fraction of sp³-hybridized carbons (Fsp3) is 0.263. The summed E-state index contributed by atoms with van der Waals surface area (Å²) in [6.07, 6.45) is 0. The molecule has 0 unspecified atom stereocenters. The maximum absolute atomic E-state index is 12.6. The molecule has 0 aliphatic carbocycles. The summed E-state index contributed by atoms with van der Waals surface area (Å²) >= 11 is 0. The molecule has 27 heavy (non-hydrogen) atoms. The van der Waals surface area contributed by atoms with Crippen LogP contribution in [0.25, 0.3) is 0 Å². The van der Waals surface area contributed by atoms with Crippen molar-refractivity contribution in [2.45, 2.75) is 13.8 Å². The lowest BCUT2D eigenvalue weighted by Gasteiger charge is -2.24. The Morgan fingerprint density at radius 3 is 2.67 bits per heavy atom. The number of fused-ring (bicyclic) bond motifs is 1. The number of hydrogen-bond donors (Lipinski definition) is 1. The van der Waals surface area contributed by atoms with Gasteiger partial charge < -0.3 is 15.0 Å². The van der Waals surface area contributed by atoms with Gasteiger partial charge in [0.05, 0.1) is 16.0 Å². The highest BCUT2D eigenvalue weighted by atomic mass is 16.6. The van der Waals surface area contributed by atoms with Gasteiger partial charge in [0, 0.05) is 18.8 Å². The summed E-state index contributed by atoms with van der Waals surface area (Å²) in [5.41, 5.74) is -0.0749. The topological polar surface area (TPSA) is 102 Å². The van der Waals surface area contributed by atoms with Crippen LogP contribution in [0.3, 0.4) is 0 Å². The molecule has 0 saturated heterocycles. The molecule has 0 aromatic heterocycles. The molecule has 8 nitrogen and oxygen atoms in total. The Morgan fingerprint density at radius 1 is 1.26 bits per heavy atom. The summed E-state index contributed by atoms with van der Waals surface area (Å²) in [6, 6.07) is 10.6. The number of hydrogen-bond acceptors (Lipinski definition) is 5. The Kier molecular flexibility index (Phi) is 4.57. The lowest BCUT2D eigenvalue weighted by atomic mass is 9.93. The predicted molar refractivity (Wildman–Crippen MR) is 100 cm³/mol. The fourth-order valence-electron chi connectivity index (χ4n) is 2.89. The second kappa shape index (κ2) is 6.71. The highest BCUT2D eigenvalue weighted by Gasteiger charge is 2.36. The van der Waals surface area contributed by atoms with Crippen LogP contribution in [-0.4, -0.2) is 30.4 Å². The van der Waals surface area contributed by atoms with Crippen LogP contribution < -0.4 is 15.0 Å². The Labute approximate surface area is 155 Å². The molecule has 140 valence electrons. The van der Waals surface area contributed by atoms with Gasteiger partial charge in [0.2, 0.25) is 5.91 Å². The molecular weight excluding hydrogens is 350 g/mol. The fourth-order valence-corrected chi connectivity index (χ4v) is 2.89. The third kappa shape index (κ3) is 3.46. The zero-order valence-corrected chi connectivity index (χ0v) is 15.2. The van der Waals surface area contributed by atoms with Gasteiger partial charge in [-0.15, -0.1) is 0 Å². The van der Waals surface area contributed by atoms with Crippen LogP contribution in [-0.2, 0) is 4.79 Å². The first-order valence-electron chi connectivity index (χ1n) is 8.30. The van der Waals surface area contributed by atoms with E-state index in [9.17, 15) is 19.7 Å². The Morgan fingerprint density at radius 2 is 1.96 bits per heavy atom. The van der Waals surface area contributed by atoms with E-state index in [0.717, 1.165) is 0 Å². The highest BCUT2D eigenvalue weighted by molar-refractivity contribution is 6.07. The maximum Gasteiger partial charge on any atom is 0.282 e. The monoisotopic (exact) mass is 369 g/mol. The molecule has 2 aromatic rings. The van der Waals surface area contributed by atoms with E-state index in [-0.39, 0.29) is 23.8 Å². The van der Waals surface area contributed by atoms with Crippen molar-refractivity contribution in [2.75, 3.05) is 23.9 Å². The van der Waals surface area contributed by atoms with Crippen LogP contribution in [0.15, 0.2) is 42.5 Å². The summed E-state index contributed by atoms with van der Waals surface area (Å²) in [5, 5.41) is 13.8. The van der Waals surface area contributed by atoms with E-state index in [4.69, 9.17) is 4.74 Å². The van der Waals surface area contributed by atoms with Crippen molar-refractivity contribution in [1.29, 1.82) is 0 Å². The number of para-hydroxylation sites is 1. The number of nitro benzene ring substituents is 1. The van der Waals surface area contributed by atoms with E-state index in [1.807, 2.05) is 0 Å². The summed E-state index contributed by atoms with van der Waals surface area (Å²) in [5.74, 6) is -0.186. The van der Waals surface area contributed by atoms with Crippen molar-refractivity contribution < 1.29 is 19.2 Å². The SMILES string of the molecule is CN1C(=O)C(C)(C)COc2ccc(NC(=O)c3ccccc3[N+](=O)[O-])cc21.